The molecule has 1 aromatic rings. The highest BCUT2D eigenvalue weighted by atomic mass is 16.5. The van der Waals surface area contributed by atoms with Crippen LogP contribution in [0.3, 0.4) is 0 Å². The predicted octanol–water partition coefficient (Wildman–Crippen LogP) is 2.78. The van der Waals surface area contributed by atoms with Gasteiger partial charge in [0.15, 0.2) is 5.82 Å². The van der Waals surface area contributed by atoms with Crippen molar-refractivity contribution in [2.45, 2.75) is 64.3 Å². The fourth-order valence-electron chi connectivity index (χ4n) is 2.68. The molecule has 1 saturated carbocycles. The van der Waals surface area contributed by atoms with Gasteiger partial charge in [-0.15, -0.1) is 0 Å². The van der Waals surface area contributed by atoms with E-state index in [9.17, 15) is 0 Å². The lowest BCUT2D eigenvalue weighted by molar-refractivity contribution is 0.183. The Morgan fingerprint density at radius 1 is 1.53 bits per heavy atom. The Labute approximate surface area is 103 Å². The summed E-state index contributed by atoms with van der Waals surface area (Å²) in [6.07, 6.45) is 7.49. The van der Waals surface area contributed by atoms with Gasteiger partial charge in [0, 0.05) is 6.42 Å². The van der Waals surface area contributed by atoms with E-state index in [0.717, 1.165) is 44.3 Å². The number of unbranched alkanes of at least 4 members (excludes halogenated alkanes) is 1. The summed E-state index contributed by atoms with van der Waals surface area (Å²) in [6.45, 7) is 4.41. The van der Waals surface area contributed by atoms with Gasteiger partial charge in [0.1, 0.15) is 0 Å². The zero-order chi connectivity index (χ0) is 12.3. The average molecular weight is 237 g/mol. The number of rotatable bonds is 4. The van der Waals surface area contributed by atoms with E-state index in [-0.39, 0.29) is 5.54 Å². The molecule has 0 amide bonds. The molecule has 0 saturated heterocycles. The molecule has 0 radical (unpaired) electrons. The van der Waals surface area contributed by atoms with E-state index < -0.39 is 0 Å². The van der Waals surface area contributed by atoms with Crippen molar-refractivity contribution < 1.29 is 4.52 Å². The van der Waals surface area contributed by atoms with Gasteiger partial charge < -0.3 is 10.3 Å². The van der Waals surface area contributed by atoms with E-state index >= 15 is 0 Å². The third-order valence-electron chi connectivity index (χ3n) is 3.68. The summed E-state index contributed by atoms with van der Waals surface area (Å²) < 4.78 is 5.37. The molecule has 0 aromatic carbocycles. The second-order valence-corrected chi connectivity index (χ2v) is 5.48. The summed E-state index contributed by atoms with van der Waals surface area (Å²) in [5.74, 6) is 2.11. The lowest BCUT2D eigenvalue weighted by Crippen LogP contribution is -2.41. The Kier molecular flexibility index (Phi) is 3.82. The smallest absolute Gasteiger partial charge is 0.246 e. The van der Waals surface area contributed by atoms with Crippen LogP contribution in [-0.2, 0) is 12.0 Å². The molecule has 1 aliphatic carbocycles. The second-order valence-electron chi connectivity index (χ2n) is 5.48. The molecule has 1 heterocycles. The van der Waals surface area contributed by atoms with Gasteiger partial charge in [-0.1, -0.05) is 38.3 Å². The minimum absolute atomic E-state index is 0.380. The summed E-state index contributed by atoms with van der Waals surface area (Å²) in [6, 6.07) is 0. The maximum Gasteiger partial charge on any atom is 0.246 e. The Hall–Kier alpha value is -0.900. The van der Waals surface area contributed by atoms with Gasteiger partial charge in [-0.3, -0.25) is 0 Å². The van der Waals surface area contributed by atoms with Gasteiger partial charge in [0.2, 0.25) is 5.89 Å². The van der Waals surface area contributed by atoms with Gasteiger partial charge in [0.25, 0.3) is 0 Å². The summed E-state index contributed by atoms with van der Waals surface area (Å²) >= 11 is 0. The van der Waals surface area contributed by atoms with Gasteiger partial charge in [-0.05, 0) is 25.2 Å². The molecule has 96 valence electrons. The van der Waals surface area contributed by atoms with Gasteiger partial charge in [0.05, 0.1) is 5.54 Å². The van der Waals surface area contributed by atoms with Crippen LogP contribution in [0.2, 0.25) is 0 Å². The van der Waals surface area contributed by atoms with E-state index in [1.807, 2.05) is 0 Å². The third kappa shape index (κ3) is 2.86. The minimum Gasteiger partial charge on any atom is -0.337 e. The van der Waals surface area contributed by atoms with Gasteiger partial charge in [-0.25, -0.2) is 0 Å². The largest absolute Gasteiger partial charge is 0.337 e. The SMILES string of the molecule is CCCCc1noc(C2(N)CCCC(C)C2)n1. The number of nitrogens with two attached hydrogens (primary N) is 1. The number of nitrogens with zero attached hydrogens (tertiary/aromatic N) is 2. The van der Waals surface area contributed by atoms with E-state index in [1.165, 1.54) is 6.42 Å². The average Bonchev–Trinajstić information content (AvgIpc) is 2.75. The molecular formula is C13H23N3O. The quantitative estimate of drug-likeness (QED) is 0.874. The lowest BCUT2D eigenvalue weighted by atomic mass is 9.77. The molecule has 4 nitrogen and oxygen atoms in total. The maximum absolute atomic E-state index is 6.42. The monoisotopic (exact) mass is 237 g/mol. The molecule has 2 rings (SSSR count). The Bertz CT molecular complexity index is 363. The molecule has 2 unspecified atom stereocenters. The van der Waals surface area contributed by atoms with Gasteiger partial charge in [-0.2, -0.15) is 4.98 Å². The molecule has 0 bridgehead atoms. The molecule has 0 spiro atoms. The Balaban J connectivity index is 2.07. The standard InChI is InChI=1S/C13H23N3O/c1-3-4-7-11-15-12(17-16-11)13(14)8-5-6-10(2)9-13/h10H,3-9,14H2,1-2H3. The van der Waals surface area contributed by atoms with Crippen molar-refractivity contribution in [3.8, 4) is 0 Å². The highest BCUT2D eigenvalue weighted by Gasteiger charge is 2.37. The Morgan fingerprint density at radius 2 is 2.35 bits per heavy atom. The first-order chi connectivity index (χ1) is 8.14. The zero-order valence-corrected chi connectivity index (χ0v) is 10.9. The summed E-state index contributed by atoms with van der Waals surface area (Å²) in [5.41, 5.74) is 6.04. The van der Waals surface area contributed by atoms with E-state index in [1.54, 1.807) is 0 Å². The van der Waals surface area contributed by atoms with Crippen molar-refractivity contribution in [2.24, 2.45) is 11.7 Å². The normalized spacial score (nSPS) is 29.5. The molecule has 4 heteroatoms. The minimum atomic E-state index is -0.380. The number of aromatic nitrogens is 2. The van der Waals surface area contributed by atoms with Crippen LogP contribution >= 0.6 is 0 Å². The molecule has 2 atom stereocenters. The summed E-state index contributed by atoms with van der Waals surface area (Å²) in [4.78, 5) is 4.47. The zero-order valence-electron chi connectivity index (χ0n) is 10.9. The van der Waals surface area contributed by atoms with Crippen molar-refractivity contribution in [3.63, 3.8) is 0 Å². The first-order valence-corrected chi connectivity index (χ1v) is 6.76. The lowest BCUT2D eigenvalue weighted by Gasteiger charge is -2.33. The first kappa shape index (κ1) is 12.6. The first-order valence-electron chi connectivity index (χ1n) is 6.76. The molecule has 17 heavy (non-hydrogen) atoms. The van der Waals surface area contributed by atoms with Crippen LogP contribution in [0.4, 0.5) is 0 Å². The number of hydrogen-bond donors (Lipinski definition) is 1. The Morgan fingerprint density at radius 3 is 3.06 bits per heavy atom. The van der Waals surface area contributed by atoms with Crippen LogP contribution in [0.25, 0.3) is 0 Å². The highest BCUT2D eigenvalue weighted by Crippen LogP contribution is 2.36. The van der Waals surface area contributed by atoms with Crippen molar-refractivity contribution >= 4 is 0 Å². The summed E-state index contributed by atoms with van der Waals surface area (Å²) in [7, 11) is 0. The summed E-state index contributed by atoms with van der Waals surface area (Å²) in [5, 5.41) is 4.03. The maximum atomic E-state index is 6.42. The van der Waals surface area contributed by atoms with Crippen molar-refractivity contribution in [1.82, 2.24) is 10.1 Å². The van der Waals surface area contributed by atoms with Crippen molar-refractivity contribution in [1.29, 1.82) is 0 Å². The van der Waals surface area contributed by atoms with Crippen LogP contribution < -0.4 is 5.73 Å². The van der Waals surface area contributed by atoms with Crippen molar-refractivity contribution in [3.05, 3.63) is 11.7 Å². The fourth-order valence-corrected chi connectivity index (χ4v) is 2.68. The van der Waals surface area contributed by atoms with E-state index in [0.29, 0.717) is 11.8 Å². The molecule has 2 N–H and O–H groups in total. The fraction of sp³-hybridized carbons (Fsp3) is 0.846. The highest BCUT2D eigenvalue weighted by molar-refractivity contribution is 5.04. The molecule has 0 aliphatic heterocycles. The molecule has 1 fully saturated rings. The topological polar surface area (TPSA) is 64.9 Å². The molecule has 1 aromatic heterocycles. The van der Waals surface area contributed by atoms with Crippen LogP contribution in [-0.4, -0.2) is 10.1 Å². The number of hydrogen-bond acceptors (Lipinski definition) is 4. The third-order valence-corrected chi connectivity index (χ3v) is 3.68. The molecular weight excluding hydrogens is 214 g/mol. The van der Waals surface area contributed by atoms with Gasteiger partial charge >= 0.3 is 0 Å². The van der Waals surface area contributed by atoms with E-state index in [4.69, 9.17) is 10.3 Å². The number of aryl methyl sites for hydroxylation is 1. The molecule has 1 aliphatic rings. The predicted molar refractivity (Wildman–Crippen MR) is 66.4 cm³/mol. The van der Waals surface area contributed by atoms with E-state index in [2.05, 4.69) is 24.0 Å². The van der Waals surface area contributed by atoms with Crippen LogP contribution in [0.5, 0.6) is 0 Å². The van der Waals surface area contributed by atoms with Crippen LogP contribution in [0, 0.1) is 5.92 Å². The van der Waals surface area contributed by atoms with Crippen molar-refractivity contribution in [2.75, 3.05) is 0 Å². The van der Waals surface area contributed by atoms with Crippen LogP contribution in [0.15, 0.2) is 4.52 Å². The second kappa shape index (κ2) is 5.17. The van der Waals surface area contributed by atoms with Crippen LogP contribution in [0.1, 0.15) is 64.1 Å².